The quantitative estimate of drug-likeness (QED) is 0.254. The van der Waals surface area contributed by atoms with Crippen LogP contribution in [0.15, 0.2) is 24.0 Å². The highest BCUT2D eigenvalue weighted by molar-refractivity contribution is 5.86. The van der Waals surface area contributed by atoms with Crippen LogP contribution in [0, 0.1) is 0 Å². The molecular weight excluding hydrogens is 540 g/mol. The predicted octanol–water partition coefficient (Wildman–Crippen LogP) is 0.183. The van der Waals surface area contributed by atoms with Crippen LogP contribution in [0.25, 0.3) is 0 Å². The third kappa shape index (κ3) is 4.52. The van der Waals surface area contributed by atoms with Crippen molar-refractivity contribution in [2.24, 2.45) is 5.73 Å². The summed E-state index contributed by atoms with van der Waals surface area (Å²) in [7, 11) is 3.51. The molecule has 222 valence electrons. The standard InChI is InChI=1S/C28H34N2O11/c1-14(25(33)34)38-26(35)18(40-20(31)7-10-29)13-21(32)39-17-6-8-28(36)19-12-15-4-5-16(37-3)23-22(15)27(28,24(17)41-23)9-11-30(19)2/h4-6,14,18-19,24,36H,7-13,29H2,1-3H3,(H,33,34)/t14-,18-,19-,24-,27-,28+/m0/s1. The fraction of sp³-hybridized carbons (Fsp3) is 0.571. The molecule has 6 atom stereocenters. The van der Waals surface area contributed by atoms with Crippen molar-refractivity contribution in [2.75, 3.05) is 27.2 Å². The van der Waals surface area contributed by atoms with Gasteiger partial charge in [-0.05, 0) is 51.1 Å². The Morgan fingerprint density at radius 1 is 1.22 bits per heavy atom. The molecule has 2 aliphatic heterocycles. The Morgan fingerprint density at radius 2 is 1.98 bits per heavy atom. The number of aliphatic hydroxyl groups is 1. The molecule has 5 rings (SSSR count). The number of nitrogens with zero attached hydrogens (tertiary/aromatic N) is 1. The van der Waals surface area contributed by atoms with E-state index in [2.05, 4.69) is 4.90 Å². The minimum atomic E-state index is -1.75. The van der Waals surface area contributed by atoms with Gasteiger partial charge >= 0.3 is 23.9 Å². The van der Waals surface area contributed by atoms with Crippen molar-refractivity contribution in [3.05, 3.63) is 35.1 Å². The molecule has 1 spiro atoms. The highest BCUT2D eigenvalue weighted by atomic mass is 16.6. The molecule has 1 aromatic carbocycles. The van der Waals surface area contributed by atoms with Gasteiger partial charge in [0.05, 0.1) is 31.0 Å². The van der Waals surface area contributed by atoms with E-state index >= 15 is 0 Å². The summed E-state index contributed by atoms with van der Waals surface area (Å²) in [5, 5.41) is 21.4. The molecule has 13 nitrogen and oxygen atoms in total. The smallest absolute Gasteiger partial charge is 0.348 e. The fourth-order valence-corrected chi connectivity index (χ4v) is 6.72. The zero-order valence-electron chi connectivity index (χ0n) is 23.1. The van der Waals surface area contributed by atoms with E-state index in [1.807, 2.05) is 19.2 Å². The van der Waals surface area contributed by atoms with Gasteiger partial charge in [-0.25, -0.2) is 9.59 Å². The number of carboxylic acid groups (broad SMARTS) is 1. The van der Waals surface area contributed by atoms with Gasteiger partial charge in [0.2, 0.25) is 6.10 Å². The number of esters is 3. The normalized spacial score (nSPS) is 28.8. The van der Waals surface area contributed by atoms with Gasteiger partial charge in [0, 0.05) is 24.6 Å². The number of methoxy groups -OCH3 is 1. The molecule has 4 aliphatic rings. The SMILES string of the molecule is COc1ccc2c3c1O[C@H]1C(OC(=O)C[C@H](OC(=O)CCN)C(=O)O[C@@H](C)C(=O)O)=CC[C@@]4(O)[C@H](C2)N(C)CC[C@]314. The first kappa shape index (κ1) is 28.8. The zero-order chi connectivity index (χ0) is 29.7. The summed E-state index contributed by atoms with van der Waals surface area (Å²) in [6.45, 7) is 1.74. The average molecular weight is 575 g/mol. The first-order valence-electron chi connectivity index (χ1n) is 13.5. The number of rotatable bonds is 10. The summed E-state index contributed by atoms with van der Waals surface area (Å²) < 4.78 is 27.7. The number of hydrogen-bond acceptors (Lipinski definition) is 12. The molecule has 0 saturated carbocycles. The van der Waals surface area contributed by atoms with Crippen LogP contribution in [-0.2, 0) is 45.2 Å². The van der Waals surface area contributed by atoms with Gasteiger partial charge in [0.15, 0.2) is 23.7 Å². The summed E-state index contributed by atoms with van der Waals surface area (Å²) >= 11 is 0. The van der Waals surface area contributed by atoms with Crippen LogP contribution in [0.3, 0.4) is 0 Å². The Morgan fingerprint density at radius 3 is 2.66 bits per heavy atom. The molecule has 0 radical (unpaired) electrons. The second kappa shape index (κ2) is 10.6. The largest absolute Gasteiger partial charge is 0.493 e. The van der Waals surface area contributed by atoms with Gasteiger partial charge in [0.25, 0.3) is 0 Å². The number of likely N-dealkylation sites (N-methyl/N-ethyl adjacent to an activating group) is 1. The number of ether oxygens (including phenoxy) is 5. The number of carboxylic acids is 1. The minimum Gasteiger partial charge on any atom is -0.493 e. The van der Waals surface area contributed by atoms with Crippen LogP contribution in [0.1, 0.15) is 43.7 Å². The zero-order valence-corrected chi connectivity index (χ0v) is 23.1. The van der Waals surface area contributed by atoms with Gasteiger partial charge in [-0.1, -0.05) is 6.07 Å². The Bertz CT molecular complexity index is 1310. The molecular formula is C28H34N2O11. The molecule has 1 fully saturated rings. The summed E-state index contributed by atoms with van der Waals surface area (Å²) in [6, 6.07) is 3.60. The van der Waals surface area contributed by atoms with Crippen molar-refractivity contribution in [1.29, 1.82) is 0 Å². The van der Waals surface area contributed by atoms with Gasteiger partial charge < -0.3 is 44.5 Å². The highest BCUT2D eigenvalue weighted by Crippen LogP contribution is 2.65. The van der Waals surface area contributed by atoms with Gasteiger partial charge in [-0.2, -0.15) is 0 Å². The first-order chi connectivity index (χ1) is 19.5. The van der Waals surface area contributed by atoms with Crippen molar-refractivity contribution in [3.63, 3.8) is 0 Å². The number of piperidine rings is 1. The van der Waals surface area contributed by atoms with E-state index in [0.29, 0.717) is 30.9 Å². The number of benzene rings is 1. The lowest BCUT2D eigenvalue weighted by atomic mass is 9.50. The molecule has 13 heteroatoms. The minimum absolute atomic E-state index is 0.0599. The third-order valence-corrected chi connectivity index (χ3v) is 8.67. The lowest BCUT2D eigenvalue weighted by molar-refractivity contribution is -0.179. The molecule has 0 amide bonds. The molecule has 1 aromatic rings. The van der Waals surface area contributed by atoms with E-state index in [9.17, 15) is 24.3 Å². The maximum atomic E-state index is 13.2. The lowest BCUT2D eigenvalue weighted by Crippen LogP contribution is -2.74. The van der Waals surface area contributed by atoms with E-state index in [-0.39, 0.29) is 31.2 Å². The van der Waals surface area contributed by atoms with Crippen LogP contribution < -0.4 is 15.2 Å². The number of aliphatic carboxylic acids is 1. The Labute approximate surface area is 236 Å². The maximum Gasteiger partial charge on any atom is 0.348 e. The molecule has 4 N–H and O–H groups in total. The van der Waals surface area contributed by atoms with E-state index < -0.39 is 59.6 Å². The van der Waals surface area contributed by atoms with Crippen LogP contribution >= 0.6 is 0 Å². The summed E-state index contributed by atoms with van der Waals surface area (Å²) in [5.74, 6) is -3.26. The summed E-state index contributed by atoms with van der Waals surface area (Å²) in [4.78, 5) is 51.2. The summed E-state index contributed by atoms with van der Waals surface area (Å²) in [6.07, 6.45) is -2.16. The second-order valence-corrected chi connectivity index (χ2v) is 10.9. The Kier molecular flexibility index (Phi) is 7.47. The lowest BCUT2D eigenvalue weighted by Gasteiger charge is -2.61. The number of nitrogens with two attached hydrogens (primary N) is 1. The Balaban J connectivity index is 1.43. The van der Waals surface area contributed by atoms with Crippen molar-refractivity contribution < 1.29 is 53.1 Å². The first-order valence-corrected chi connectivity index (χ1v) is 13.5. The average Bonchev–Trinajstić information content (AvgIpc) is 3.27. The van der Waals surface area contributed by atoms with E-state index in [1.165, 1.54) is 7.11 Å². The van der Waals surface area contributed by atoms with Crippen molar-refractivity contribution in [2.45, 2.75) is 74.4 Å². The maximum absolute atomic E-state index is 13.2. The van der Waals surface area contributed by atoms with Gasteiger partial charge in [-0.15, -0.1) is 0 Å². The van der Waals surface area contributed by atoms with Crippen LogP contribution in [0.4, 0.5) is 0 Å². The van der Waals surface area contributed by atoms with Crippen LogP contribution in [0.5, 0.6) is 11.5 Å². The fourth-order valence-electron chi connectivity index (χ4n) is 6.72. The van der Waals surface area contributed by atoms with Gasteiger partial charge in [-0.3, -0.25) is 9.59 Å². The molecule has 0 aromatic heterocycles. The van der Waals surface area contributed by atoms with E-state index in [1.54, 1.807) is 6.08 Å². The van der Waals surface area contributed by atoms with Crippen LogP contribution in [-0.4, -0.2) is 96.2 Å². The van der Waals surface area contributed by atoms with Crippen molar-refractivity contribution >= 4 is 23.9 Å². The molecule has 41 heavy (non-hydrogen) atoms. The predicted molar refractivity (Wildman–Crippen MR) is 139 cm³/mol. The number of carbonyl (C=O) groups excluding carboxylic acids is 3. The van der Waals surface area contributed by atoms with Crippen molar-refractivity contribution in [3.8, 4) is 11.5 Å². The molecule has 2 heterocycles. The van der Waals surface area contributed by atoms with E-state index in [4.69, 9.17) is 34.5 Å². The van der Waals surface area contributed by atoms with Crippen molar-refractivity contribution in [1.82, 2.24) is 4.90 Å². The molecule has 2 bridgehead atoms. The second-order valence-electron chi connectivity index (χ2n) is 10.9. The number of likely N-dealkylation sites (tertiary alicyclic amines) is 1. The summed E-state index contributed by atoms with van der Waals surface area (Å²) in [5.41, 5.74) is 5.15. The number of hydrogen-bond donors (Lipinski definition) is 3. The monoisotopic (exact) mass is 574 g/mol. The Hall–Kier alpha value is -3.68. The topological polar surface area (TPSA) is 184 Å². The third-order valence-electron chi connectivity index (χ3n) is 8.67. The van der Waals surface area contributed by atoms with E-state index in [0.717, 1.165) is 18.1 Å². The molecule has 0 unspecified atom stereocenters. The number of carbonyl (C=O) groups is 4. The van der Waals surface area contributed by atoms with Gasteiger partial charge in [0.1, 0.15) is 5.76 Å². The molecule has 2 aliphatic carbocycles. The molecule has 1 saturated heterocycles. The highest BCUT2D eigenvalue weighted by Gasteiger charge is 2.72. The van der Waals surface area contributed by atoms with Crippen LogP contribution in [0.2, 0.25) is 0 Å².